The predicted octanol–water partition coefficient (Wildman–Crippen LogP) is 3.86. The fraction of sp³-hybridized carbons (Fsp3) is 0.143. The van der Waals surface area contributed by atoms with Gasteiger partial charge in [0.2, 0.25) is 0 Å². The highest BCUT2D eigenvalue weighted by Crippen LogP contribution is 2.19. The van der Waals surface area contributed by atoms with E-state index in [1.165, 1.54) is 12.1 Å². The molecule has 18 heavy (non-hydrogen) atoms. The molecule has 1 nitrogen and oxygen atoms in total. The highest BCUT2D eigenvalue weighted by atomic mass is 35.5. The lowest BCUT2D eigenvalue weighted by atomic mass is 9.99. The number of rotatable bonds is 3. The molecule has 2 N–H and O–H groups in total. The summed E-state index contributed by atoms with van der Waals surface area (Å²) in [6.45, 7) is 0. The van der Waals surface area contributed by atoms with Gasteiger partial charge >= 0.3 is 0 Å². The van der Waals surface area contributed by atoms with Crippen molar-refractivity contribution < 1.29 is 8.78 Å². The summed E-state index contributed by atoms with van der Waals surface area (Å²) in [6.07, 6.45) is 0.500. The third kappa shape index (κ3) is 3.28. The van der Waals surface area contributed by atoms with Crippen LogP contribution in [0.1, 0.15) is 17.2 Å². The number of hydrogen-bond donors (Lipinski definition) is 1. The Morgan fingerprint density at radius 1 is 1.00 bits per heavy atom. The second-order valence-electron chi connectivity index (χ2n) is 4.14. The monoisotopic (exact) mass is 267 g/mol. The van der Waals surface area contributed by atoms with E-state index in [0.717, 1.165) is 11.6 Å². The van der Waals surface area contributed by atoms with Gasteiger partial charge in [-0.1, -0.05) is 23.7 Å². The average molecular weight is 268 g/mol. The molecule has 0 spiro atoms. The van der Waals surface area contributed by atoms with Gasteiger partial charge in [0.1, 0.15) is 11.6 Å². The molecule has 1 unspecified atom stereocenters. The van der Waals surface area contributed by atoms with Crippen LogP contribution in [0.4, 0.5) is 8.78 Å². The molecule has 0 radical (unpaired) electrons. The van der Waals surface area contributed by atoms with Crippen LogP contribution in [-0.4, -0.2) is 0 Å². The lowest BCUT2D eigenvalue weighted by molar-refractivity contribution is 0.572. The molecule has 0 aliphatic rings. The Morgan fingerprint density at radius 3 is 2.11 bits per heavy atom. The number of nitrogens with two attached hydrogens (primary N) is 1. The van der Waals surface area contributed by atoms with Gasteiger partial charge in [0, 0.05) is 17.1 Å². The maximum Gasteiger partial charge on any atom is 0.126 e. The van der Waals surface area contributed by atoms with Crippen LogP contribution in [0.5, 0.6) is 0 Å². The minimum atomic E-state index is -0.614. The van der Waals surface area contributed by atoms with Crippen LogP contribution >= 0.6 is 11.6 Å². The molecule has 0 saturated heterocycles. The van der Waals surface area contributed by atoms with Crippen LogP contribution in [0.3, 0.4) is 0 Å². The van der Waals surface area contributed by atoms with Crippen LogP contribution in [0.15, 0.2) is 42.5 Å². The minimum absolute atomic E-state index is 0.447. The lowest BCUT2D eigenvalue weighted by Crippen LogP contribution is -2.13. The van der Waals surface area contributed by atoms with E-state index in [1.807, 2.05) is 12.1 Å². The van der Waals surface area contributed by atoms with Gasteiger partial charge in [-0.25, -0.2) is 8.78 Å². The predicted molar refractivity (Wildman–Crippen MR) is 68.4 cm³/mol. The van der Waals surface area contributed by atoms with E-state index in [0.29, 0.717) is 17.0 Å². The van der Waals surface area contributed by atoms with Crippen LogP contribution in [0.2, 0.25) is 5.02 Å². The van der Waals surface area contributed by atoms with Crippen molar-refractivity contribution >= 4 is 11.6 Å². The third-order valence-corrected chi connectivity index (χ3v) is 2.93. The van der Waals surface area contributed by atoms with Gasteiger partial charge in [-0.15, -0.1) is 0 Å². The van der Waals surface area contributed by atoms with Crippen LogP contribution in [0.25, 0.3) is 0 Å². The van der Waals surface area contributed by atoms with Crippen molar-refractivity contribution in [3.05, 3.63) is 70.2 Å². The van der Waals surface area contributed by atoms with E-state index in [4.69, 9.17) is 17.3 Å². The molecule has 0 aliphatic heterocycles. The topological polar surface area (TPSA) is 26.0 Å². The maximum absolute atomic E-state index is 13.1. The van der Waals surface area contributed by atoms with E-state index in [-0.39, 0.29) is 0 Å². The second kappa shape index (κ2) is 5.46. The fourth-order valence-electron chi connectivity index (χ4n) is 1.78. The summed E-state index contributed by atoms with van der Waals surface area (Å²) >= 11 is 5.78. The molecule has 2 aromatic rings. The Hall–Kier alpha value is -1.45. The Kier molecular flexibility index (Phi) is 3.94. The van der Waals surface area contributed by atoms with E-state index >= 15 is 0 Å². The smallest absolute Gasteiger partial charge is 0.126 e. The normalized spacial score (nSPS) is 12.4. The Bertz CT molecular complexity index is 520. The molecule has 2 aromatic carbocycles. The molecule has 0 amide bonds. The fourth-order valence-corrected chi connectivity index (χ4v) is 1.91. The van der Waals surface area contributed by atoms with Gasteiger partial charge in [-0.05, 0) is 41.8 Å². The minimum Gasteiger partial charge on any atom is -0.324 e. The summed E-state index contributed by atoms with van der Waals surface area (Å²) in [4.78, 5) is 0. The van der Waals surface area contributed by atoms with Crippen molar-refractivity contribution in [3.63, 3.8) is 0 Å². The van der Waals surface area contributed by atoms with Gasteiger partial charge in [0.25, 0.3) is 0 Å². The van der Waals surface area contributed by atoms with Gasteiger partial charge in [0.15, 0.2) is 0 Å². The average Bonchev–Trinajstić information content (AvgIpc) is 2.31. The third-order valence-electron chi connectivity index (χ3n) is 2.68. The summed E-state index contributed by atoms with van der Waals surface area (Å²) < 4.78 is 26.1. The molecule has 0 fully saturated rings. The number of benzene rings is 2. The zero-order valence-corrected chi connectivity index (χ0v) is 10.3. The van der Waals surface area contributed by atoms with Gasteiger partial charge in [-0.2, -0.15) is 0 Å². The van der Waals surface area contributed by atoms with Crippen molar-refractivity contribution in [1.82, 2.24) is 0 Å². The van der Waals surface area contributed by atoms with E-state index in [1.54, 1.807) is 12.1 Å². The van der Waals surface area contributed by atoms with Crippen LogP contribution < -0.4 is 5.73 Å². The first-order valence-corrected chi connectivity index (χ1v) is 5.88. The van der Waals surface area contributed by atoms with Crippen molar-refractivity contribution in [1.29, 1.82) is 0 Å². The standard InChI is InChI=1S/C14H12ClF2N/c15-11-3-1-9(2-4-11)5-14(18)10-6-12(16)8-13(17)7-10/h1-4,6-8,14H,5,18H2. The molecule has 0 saturated carbocycles. The summed E-state index contributed by atoms with van der Waals surface area (Å²) in [6, 6.07) is 10.1. The van der Waals surface area contributed by atoms with Crippen LogP contribution in [0, 0.1) is 11.6 Å². The zero-order valence-electron chi connectivity index (χ0n) is 9.54. The van der Waals surface area contributed by atoms with E-state index in [2.05, 4.69) is 0 Å². The molecule has 4 heteroatoms. The summed E-state index contributed by atoms with van der Waals surface area (Å²) in [5, 5.41) is 0.643. The van der Waals surface area contributed by atoms with Crippen molar-refractivity contribution in [2.75, 3.05) is 0 Å². The van der Waals surface area contributed by atoms with Gasteiger partial charge < -0.3 is 5.73 Å². The molecule has 2 rings (SSSR count). The van der Waals surface area contributed by atoms with Crippen molar-refractivity contribution in [3.8, 4) is 0 Å². The molecule has 0 bridgehead atoms. The molecule has 0 aliphatic carbocycles. The molecule has 1 atom stereocenters. The maximum atomic E-state index is 13.1. The second-order valence-corrected chi connectivity index (χ2v) is 4.58. The van der Waals surface area contributed by atoms with Crippen molar-refractivity contribution in [2.24, 2.45) is 5.73 Å². The highest BCUT2D eigenvalue weighted by molar-refractivity contribution is 6.30. The van der Waals surface area contributed by atoms with Crippen molar-refractivity contribution in [2.45, 2.75) is 12.5 Å². The number of hydrogen-bond acceptors (Lipinski definition) is 1. The first-order chi connectivity index (χ1) is 8.54. The molecular weight excluding hydrogens is 256 g/mol. The van der Waals surface area contributed by atoms with E-state index < -0.39 is 17.7 Å². The highest BCUT2D eigenvalue weighted by Gasteiger charge is 2.10. The summed E-state index contributed by atoms with van der Waals surface area (Å²) in [7, 11) is 0. The molecule has 0 aromatic heterocycles. The summed E-state index contributed by atoms with van der Waals surface area (Å²) in [5.74, 6) is -1.23. The Labute approximate surface area is 109 Å². The van der Waals surface area contributed by atoms with E-state index in [9.17, 15) is 8.78 Å². The summed E-state index contributed by atoms with van der Waals surface area (Å²) in [5.41, 5.74) is 7.35. The molecule has 94 valence electrons. The van der Waals surface area contributed by atoms with Gasteiger partial charge in [-0.3, -0.25) is 0 Å². The molecule has 0 heterocycles. The lowest BCUT2D eigenvalue weighted by Gasteiger charge is -2.12. The first-order valence-electron chi connectivity index (χ1n) is 5.50. The molecular formula is C14H12ClF2N. The van der Waals surface area contributed by atoms with Gasteiger partial charge in [0.05, 0.1) is 0 Å². The SMILES string of the molecule is NC(Cc1ccc(Cl)cc1)c1cc(F)cc(F)c1. The zero-order chi connectivity index (χ0) is 13.1. The Morgan fingerprint density at radius 2 is 1.56 bits per heavy atom. The quantitative estimate of drug-likeness (QED) is 0.898. The number of halogens is 3. The van der Waals surface area contributed by atoms with Crippen LogP contribution in [-0.2, 0) is 6.42 Å². The Balaban J connectivity index is 2.16. The first kappa shape index (κ1) is 13.0. The largest absolute Gasteiger partial charge is 0.324 e.